The number of para-hydroxylation sites is 2. The molecule has 0 aliphatic rings. The molecule has 0 aliphatic heterocycles. The van der Waals surface area contributed by atoms with Gasteiger partial charge in [-0.2, -0.15) is 13.2 Å². The first kappa shape index (κ1) is 26.9. The molecule has 4 aromatic rings. The van der Waals surface area contributed by atoms with Crippen LogP contribution in [0.5, 0.6) is 5.75 Å². The van der Waals surface area contributed by atoms with Crippen molar-refractivity contribution in [3.63, 3.8) is 0 Å². The number of hydrogen-bond acceptors (Lipinski definition) is 7. The van der Waals surface area contributed by atoms with Crippen LogP contribution in [0.25, 0.3) is 17.1 Å². The molecule has 10 nitrogen and oxygen atoms in total. The average Bonchev–Trinajstić information content (AvgIpc) is 3.44. The summed E-state index contributed by atoms with van der Waals surface area (Å²) in [5, 5.41) is 9.02. The zero-order valence-corrected chi connectivity index (χ0v) is 21.0. The van der Waals surface area contributed by atoms with E-state index in [0.29, 0.717) is 28.6 Å². The Morgan fingerprint density at radius 3 is 2.45 bits per heavy atom. The number of nitrogens with zero attached hydrogens (tertiary/aromatic N) is 6. The number of hydrogen-bond donors (Lipinski definition) is 0. The van der Waals surface area contributed by atoms with E-state index in [1.807, 2.05) is 0 Å². The van der Waals surface area contributed by atoms with Crippen LogP contribution in [-0.2, 0) is 17.8 Å². The third kappa shape index (κ3) is 5.88. The number of carbonyl (C=O) groups excluding carboxylic acids is 1. The van der Waals surface area contributed by atoms with E-state index in [-0.39, 0.29) is 24.0 Å². The van der Waals surface area contributed by atoms with Gasteiger partial charge in [-0.1, -0.05) is 23.7 Å². The van der Waals surface area contributed by atoms with Gasteiger partial charge in [0, 0.05) is 17.1 Å². The molecule has 0 saturated heterocycles. The highest BCUT2D eigenvalue weighted by Crippen LogP contribution is 2.25. The molecule has 2 heterocycles. The first-order valence-electron chi connectivity index (χ1n) is 11.4. The second-order valence-corrected chi connectivity index (χ2v) is 8.38. The van der Waals surface area contributed by atoms with Gasteiger partial charge in [0.25, 0.3) is 0 Å². The first-order chi connectivity index (χ1) is 18.1. The molecule has 0 unspecified atom stereocenters. The second-order valence-electron chi connectivity index (χ2n) is 7.94. The summed E-state index contributed by atoms with van der Waals surface area (Å²) in [5.74, 6) is -0.528. The summed E-state index contributed by atoms with van der Waals surface area (Å²) < 4.78 is 52.5. The van der Waals surface area contributed by atoms with Crippen molar-refractivity contribution >= 4 is 17.6 Å². The van der Waals surface area contributed by atoms with Gasteiger partial charge in [0.15, 0.2) is 11.6 Å². The van der Waals surface area contributed by atoms with Crippen LogP contribution < -0.4 is 10.4 Å². The van der Waals surface area contributed by atoms with Crippen molar-refractivity contribution in [3.8, 4) is 22.8 Å². The second kappa shape index (κ2) is 11.1. The van der Waals surface area contributed by atoms with Crippen LogP contribution in [0.1, 0.15) is 29.8 Å². The van der Waals surface area contributed by atoms with Crippen LogP contribution in [0.3, 0.4) is 0 Å². The molecule has 0 aliphatic carbocycles. The highest BCUT2D eigenvalue weighted by atomic mass is 35.5. The summed E-state index contributed by atoms with van der Waals surface area (Å²) in [7, 11) is 1.18. The van der Waals surface area contributed by atoms with Crippen molar-refractivity contribution < 1.29 is 27.4 Å². The Morgan fingerprint density at radius 2 is 1.79 bits per heavy atom. The molecule has 0 saturated carbocycles. The van der Waals surface area contributed by atoms with Crippen molar-refractivity contribution in [1.82, 2.24) is 29.1 Å². The standard InChI is InChI=1S/C24H22ClF3N6O4/c1-3-38-18-7-5-4-6-17(18)34-21(22(35)37-2)29-19(30-34)14-33-23(36)32(13-12-24(26,27)28)20(31-33)15-8-10-16(25)11-9-15/h4-11H,3,12-14H2,1-2H3. The fourth-order valence-corrected chi connectivity index (χ4v) is 3.78. The third-order valence-electron chi connectivity index (χ3n) is 5.35. The van der Waals surface area contributed by atoms with Gasteiger partial charge in [-0.25, -0.2) is 23.9 Å². The average molecular weight is 551 g/mol. The minimum Gasteiger partial charge on any atom is -0.492 e. The number of rotatable bonds is 9. The molecule has 0 spiro atoms. The Kier molecular flexibility index (Phi) is 7.86. The zero-order valence-electron chi connectivity index (χ0n) is 20.3. The summed E-state index contributed by atoms with van der Waals surface area (Å²) in [6.45, 7) is 1.18. The van der Waals surface area contributed by atoms with Crippen molar-refractivity contribution in [2.24, 2.45) is 0 Å². The summed E-state index contributed by atoms with van der Waals surface area (Å²) in [6.07, 6.45) is -5.71. The van der Waals surface area contributed by atoms with Crippen LogP contribution in [0.15, 0.2) is 53.3 Å². The van der Waals surface area contributed by atoms with Gasteiger partial charge in [-0.3, -0.25) is 4.57 Å². The minimum absolute atomic E-state index is 0.00179. The van der Waals surface area contributed by atoms with Gasteiger partial charge >= 0.3 is 17.8 Å². The minimum atomic E-state index is -4.48. The predicted octanol–water partition coefficient (Wildman–Crippen LogP) is 4.13. The van der Waals surface area contributed by atoms with E-state index in [1.165, 1.54) is 23.9 Å². The van der Waals surface area contributed by atoms with E-state index in [2.05, 4.69) is 15.2 Å². The van der Waals surface area contributed by atoms with E-state index in [1.54, 1.807) is 43.3 Å². The molecule has 2 aromatic carbocycles. The Bertz CT molecular complexity index is 1490. The number of alkyl halides is 3. The number of esters is 1. The fraction of sp³-hybridized carbons (Fsp3) is 0.292. The molecule has 38 heavy (non-hydrogen) atoms. The maximum atomic E-state index is 13.1. The molecular formula is C24H22ClF3N6O4. The summed E-state index contributed by atoms with van der Waals surface area (Å²) in [5.41, 5.74) is -0.00454. The van der Waals surface area contributed by atoms with Crippen LogP contribution in [-0.4, -0.2) is 55.0 Å². The molecule has 2 aromatic heterocycles. The lowest BCUT2D eigenvalue weighted by Crippen LogP contribution is -2.27. The van der Waals surface area contributed by atoms with Gasteiger partial charge in [-0.05, 0) is 43.3 Å². The molecule has 0 amide bonds. The van der Waals surface area contributed by atoms with Gasteiger partial charge in [0.2, 0.25) is 5.82 Å². The van der Waals surface area contributed by atoms with Gasteiger partial charge < -0.3 is 9.47 Å². The molecule has 0 atom stereocenters. The van der Waals surface area contributed by atoms with E-state index in [0.717, 1.165) is 9.25 Å². The Hall–Kier alpha value is -4.13. The van der Waals surface area contributed by atoms with E-state index >= 15 is 0 Å². The Balaban J connectivity index is 1.77. The Labute approximate surface area is 219 Å². The largest absolute Gasteiger partial charge is 0.492 e. The van der Waals surface area contributed by atoms with Gasteiger partial charge in [0.1, 0.15) is 18.0 Å². The number of methoxy groups -OCH3 is 1. The van der Waals surface area contributed by atoms with Crippen molar-refractivity contribution in [1.29, 1.82) is 0 Å². The number of aromatic nitrogens is 6. The first-order valence-corrected chi connectivity index (χ1v) is 11.8. The van der Waals surface area contributed by atoms with E-state index < -0.39 is 30.8 Å². The maximum Gasteiger partial charge on any atom is 0.390 e. The molecule has 14 heteroatoms. The smallest absolute Gasteiger partial charge is 0.390 e. The van der Waals surface area contributed by atoms with Crippen molar-refractivity contribution in [2.45, 2.75) is 32.6 Å². The lowest BCUT2D eigenvalue weighted by Gasteiger charge is -2.10. The van der Waals surface area contributed by atoms with Crippen LogP contribution >= 0.6 is 11.6 Å². The summed E-state index contributed by atoms with van der Waals surface area (Å²) in [6, 6.07) is 13.0. The molecule has 200 valence electrons. The van der Waals surface area contributed by atoms with E-state index in [4.69, 9.17) is 21.1 Å². The van der Waals surface area contributed by atoms with Crippen LogP contribution in [0, 0.1) is 0 Å². The van der Waals surface area contributed by atoms with Crippen molar-refractivity contribution in [3.05, 3.63) is 75.7 Å². The Morgan fingerprint density at radius 1 is 1.08 bits per heavy atom. The van der Waals surface area contributed by atoms with Gasteiger partial charge in [0.05, 0.1) is 20.1 Å². The SMILES string of the molecule is CCOc1ccccc1-n1nc(Cn2nc(-c3ccc(Cl)cc3)n(CCC(F)(F)F)c2=O)nc1C(=O)OC. The number of carbonyl (C=O) groups is 1. The molecule has 0 radical (unpaired) electrons. The van der Waals surface area contributed by atoms with Crippen LogP contribution in [0.4, 0.5) is 13.2 Å². The molecule has 0 bridgehead atoms. The normalized spacial score (nSPS) is 11.5. The summed E-state index contributed by atoms with van der Waals surface area (Å²) in [4.78, 5) is 29.8. The topological polar surface area (TPSA) is 106 Å². The summed E-state index contributed by atoms with van der Waals surface area (Å²) >= 11 is 5.93. The maximum absolute atomic E-state index is 13.1. The predicted molar refractivity (Wildman–Crippen MR) is 131 cm³/mol. The fourth-order valence-electron chi connectivity index (χ4n) is 3.65. The zero-order chi connectivity index (χ0) is 27.4. The molecular weight excluding hydrogens is 529 g/mol. The lowest BCUT2D eigenvalue weighted by molar-refractivity contribution is -0.136. The third-order valence-corrected chi connectivity index (χ3v) is 5.60. The molecule has 4 rings (SSSR count). The monoisotopic (exact) mass is 550 g/mol. The molecule has 0 N–H and O–H groups in total. The van der Waals surface area contributed by atoms with Crippen LogP contribution in [0.2, 0.25) is 5.02 Å². The number of ether oxygens (including phenoxy) is 2. The highest BCUT2D eigenvalue weighted by Gasteiger charge is 2.29. The number of benzene rings is 2. The van der Waals surface area contributed by atoms with Gasteiger partial charge in [-0.15, -0.1) is 10.2 Å². The lowest BCUT2D eigenvalue weighted by atomic mass is 10.2. The van der Waals surface area contributed by atoms with E-state index in [9.17, 15) is 22.8 Å². The number of halogens is 4. The van der Waals surface area contributed by atoms with Crippen molar-refractivity contribution in [2.75, 3.05) is 13.7 Å². The molecule has 0 fully saturated rings. The highest BCUT2D eigenvalue weighted by molar-refractivity contribution is 6.30. The quantitative estimate of drug-likeness (QED) is 0.288.